The fourth-order valence-corrected chi connectivity index (χ4v) is 2.74. The Labute approximate surface area is 141 Å². The van der Waals surface area contributed by atoms with Crippen molar-refractivity contribution >= 4 is 11.9 Å². The van der Waals surface area contributed by atoms with Gasteiger partial charge >= 0.3 is 11.9 Å². The van der Waals surface area contributed by atoms with Gasteiger partial charge in [0, 0.05) is 11.4 Å². The van der Waals surface area contributed by atoms with Crippen LogP contribution in [0.15, 0.2) is 34.6 Å². The quantitative estimate of drug-likeness (QED) is 0.783. The zero-order chi connectivity index (χ0) is 17.9. The van der Waals surface area contributed by atoms with E-state index in [1.165, 1.54) is 13.4 Å². The number of methoxy groups -OCH3 is 1. The smallest absolute Gasteiger partial charge is 0.337 e. The van der Waals surface area contributed by atoms with Crippen LogP contribution in [0.5, 0.6) is 0 Å². The van der Waals surface area contributed by atoms with E-state index in [-0.39, 0.29) is 6.10 Å². The maximum atomic E-state index is 12.6. The minimum absolute atomic E-state index is 0.287. The molecule has 2 rings (SSSR count). The van der Waals surface area contributed by atoms with Gasteiger partial charge < -0.3 is 24.3 Å². The molecule has 2 aliphatic heterocycles. The molecule has 0 aliphatic carbocycles. The van der Waals surface area contributed by atoms with E-state index in [0.29, 0.717) is 41.5 Å². The Morgan fingerprint density at radius 3 is 2.29 bits per heavy atom. The molecule has 7 heteroatoms. The molecule has 132 valence electrons. The van der Waals surface area contributed by atoms with Gasteiger partial charge in [0.25, 0.3) is 0 Å². The molecular weight excluding hydrogens is 314 g/mol. The third-order valence-electron chi connectivity index (χ3n) is 3.68. The molecule has 0 amide bonds. The Morgan fingerprint density at radius 1 is 1.17 bits per heavy atom. The minimum Gasteiger partial charge on any atom is -0.494 e. The first-order chi connectivity index (χ1) is 11.4. The summed E-state index contributed by atoms with van der Waals surface area (Å²) in [6.45, 7) is 7.79. The monoisotopic (exact) mass is 337 g/mol. The molecule has 7 nitrogen and oxygen atoms in total. The second kappa shape index (κ2) is 7.42. The van der Waals surface area contributed by atoms with Crippen molar-refractivity contribution in [3.05, 3.63) is 34.6 Å². The molecule has 1 unspecified atom stereocenters. The molecule has 24 heavy (non-hydrogen) atoms. The molecule has 0 aromatic carbocycles. The number of dihydropyridines is 1. The molecule has 1 N–H and O–H groups in total. The van der Waals surface area contributed by atoms with E-state index in [0.717, 1.165) is 0 Å². The van der Waals surface area contributed by atoms with Crippen molar-refractivity contribution in [1.29, 1.82) is 0 Å². The summed E-state index contributed by atoms with van der Waals surface area (Å²) < 4.78 is 21.2. The van der Waals surface area contributed by atoms with Gasteiger partial charge in [0.2, 0.25) is 0 Å². The molecule has 0 radical (unpaired) electrons. The highest BCUT2D eigenvalue weighted by Crippen LogP contribution is 2.37. The SMILES string of the molecule is COC(=O)C1=C(C)NC(C)=C(C(=O)OC(C)C)C1C1=COCCO1. The third kappa shape index (κ3) is 3.55. The Morgan fingerprint density at radius 2 is 1.79 bits per heavy atom. The van der Waals surface area contributed by atoms with Crippen LogP contribution in [-0.4, -0.2) is 38.4 Å². The molecule has 0 spiro atoms. The van der Waals surface area contributed by atoms with Crippen molar-refractivity contribution in [2.45, 2.75) is 33.8 Å². The van der Waals surface area contributed by atoms with E-state index in [9.17, 15) is 9.59 Å². The van der Waals surface area contributed by atoms with Crippen LogP contribution < -0.4 is 5.32 Å². The summed E-state index contributed by atoms with van der Waals surface area (Å²) in [6, 6.07) is 0. The number of allylic oxidation sites excluding steroid dienone is 3. The van der Waals surface area contributed by atoms with Crippen LogP contribution in [0, 0.1) is 5.92 Å². The molecular formula is C17H23NO6. The second-order valence-corrected chi connectivity index (χ2v) is 5.82. The molecule has 0 fully saturated rings. The van der Waals surface area contributed by atoms with Crippen LogP contribution in [0.4, 0.5) is 0 Å². The van der Waals surface area contributed by atoms with Gasteiger partial charge in [0.05, 0.1) is 30.3 Å². The van der Waals surface area contributed by atoms with Gasteiger partial charge in [-0.1, -0.05) is 0 Å². The van der Waals surface area contributed by atoms with Crippen LogP contribution in [0.25, 0.3) is 0 Å². The highest BCUT2D eigenvalue weighted by molar-refractivity contribution is 5.98. The van der Waals surface area contributed by atoms with Gasteiger partial charge in [-0.3, -0.25) is 0 Å². The molecule has 0 bridgehead atoms. The average Bonchev–Trinajstić information content (AvgIpc) is 2.53. The van der Waals surface area contributed by atoms with Crippen molar-refractivity contribution in [2.24, 2.45) is 5.92 Å². The van der Waals surface area contributed by atoms with Crippen molar-refractivity contribution in [1.82, 2.24) is 5.32 Å². The summed E-state index contributed by atoms with van der Waals surface area (Å²) in [4.78, 5) is 24.9. The lowest BCUT2D eigenvalue weighted by atomic mass is 9.84. The topological polar surface area (TPSA) is 83.1 Å². The van der Waals surface area contributed by atoms with Gasteiger partial charge in [-0.25, -0.2) is 9.59 Å². The third-order valence-corrected chi connectivity index (χ3v) is 3.68. The zero-order valence-electron chi connectivity index (χ0n) is 14.6. The van der Waals surface area contributed by atoms with Crippen molar-refractivity contribution in [3.63, 3.8) is 0 Å². The second-order valence-electron chi connectivity index (χ2n) is 5.82. The van der Waals surface area contributed by atoms with E-state index in [1.54, 1.807) is 27.7 Å². The molecule has 2 heterocycles. The maximum Gasteiger partial charge on any atom is 0.337 e. The molecule has 0 aromatic heterocycles. The van der Waals surface area contributed by atoms with E-state index in [4.69, 9.17) is 18.9 Å². The normalized spacial score (nSPS) is 20.8. The molecule has 0 saturated carbocycles. The summed E-state index contributed by atoms with van der Waals surface area (Å²) in [7, 11) is 1.30. The first-order valence-corrected chi connectivity index (χ1v) is 7.79. The first kappa shape index (κ1) is 17.9. The number of esters is 2. The molecule has 0 saturated heterocycles. The average molecular weight is 337 g/mol. The summed E-state index contributed by atoms with van der Waals surface area (Å²) in [5, 5.41) is 3.05. The van der Waals surface area contributed by atoms with Gasteiger partial charge in [-0.05, 0) is 27.7 Å². The Hall–Kier alpha value is -2.44. The Kier molecular flexibility index (Phi) is 5.54. The molecule has 2 aliphatic rings. The number of hydrogen-bond donors (Lipinski definition) is 1. The summed E-state index contributed by atoms with van der Waals surface area (Å²) in [6.07, 6.45) is 1.15. The van der Waals surface area contributed by atoms with Gasteiger partial charge in [-0.2, -0.15) is 0 Å². The lowest BCUT2D eigenvalue weighted by Crippen LogP contribution is -2.36. The van der Waals surface area contributed by atoms with Gasteiger partial charge in [0.15, 0.2) is 0 Å². The van der Waals surface area contributed by atoms with E-state index in [1.807, 2.05) is 0 Å². The van der Waals surface area contributed by atoms with Gasteiger partial charge in [-0.15, -0.1) is 0 Å². The van der Waals surface area contributed by atoms with E-state index in [2.05, 4.69) is 5.32 Å². The lowest BCUT2D eigenvalue weighted by Gasteiger charge is -2.32. The van der Waals surface area contributed by atoms with Crippen molar-refractivity contribution in [2.75, 3.05) is 20.3 Å². The largest absolute Gasteiger partial charge is 0.494 e. The number of carbonyl (C=O) groups excluding carboxylic acids is 2. The number of carbonyl (C=O) groups is 2. The zero-order valence-corrected chi connectivity index (χ0v) is 14.6. The predicted molar refractivity (Wildman–Crippen MR) is 85.3 cm³/mol. The van der Waals surface area contributed by atoms with E-state index >= 15 is 0 Å². The van der Waals surface area contributed by atoms with Crippen molar-refractivity contribution < 1.29 is 28.5 Å². The number of nitrogens with one attached hydrogen (secondary N) is 1. The summed E-state index contributed by atoms with van der Waals surface area (Å²) in [5.41, 5.74) is 1.81. The lowest BCUT2D eigenvalue weighted by molar-refractivity contribution is -0.143. The highest BCUT2D eigenvalue weighted by atomic mass is 16.6. The summed E-state index contributed by atoms with van der Waals surface area (Å²) in [5.74, 6) is -1.39. The van der Waals surface area contributed by atoms with Crippen LogP contribution in [0.3, 0.4) is 0 Å². The van der Waals surface area contributed by atoms with Crippen LogP contribution in [-0.2, 0) is 28.5 Å². The molecule has 0 aromatic rings. The number of hydrogen-bond acceptors (Lipinski definition) is 7. The number of ether oxygens (including phenoxy) is 4. The van der Waals surface area contributed by atoms with Gasteiger partial charge in [0.1, 0.15) is 25.2 Å². The van der Waals surface area contributed by atoms with E-state index < -0.39 is 17.9 Å². The van der Waals surface area contributed by atoms with Crippen LogP contribution >= 0.6 is 0 Å². The van der Waals surface area contributed by atoms with Crippen molar-refractivity contribution in [3.8, 4) is 0 Å². The van der Waals surface area contributed by atoms with Crippen LogP contribution in [0.2, 0.25) is 0 Å². The molecule has 1 atom stereocenters. The standard InChI is InChI=1S/C17H23NO6/c1-9(2)24-17(20)14-11(4)18-10(3)13(16(19)21-5)15(14)12-8-22-6-7-23-12/h8-9,15,18H,6-7H2,1-5H3. The first-order valence-electron chi connectivity index (χ1n) is 7.79. The Balaban J connectivity index is 2.53. The highest BCUT2D eigenvalue weighted by Gasteiger charge is 2.41. The predicted octanol–water partition coefficient (Wildman–Crippen LogP) is 1.77. The van der Waals surface area contributed by atoms with Crippen LogP contribution in [0.1, 0.15) is 27.7 Å². The maximum absolute atomic E-state index is 12.6. The minimum atomic E-state index is -0.731. The fourth-order valence-electron chi connectivity index (χ4n) is 2.74. The Bertz CT molecular complexity index is 629. The fraction of sp³-hybridized carbons (Fsp3) is 0.529. The number of rotatable bonds is 4. The summed E-state index contributed by atoms with van der Waals surface area (Å²) >= 11 is 0.